The normalized spacial score (nSPS) is 22.2. The maximum Gasteiger partial charge on any atom is 0.265 e. The number of rotatable bonds is 3. The van der Waals surface area contributed by atoms with Crippen LogP contribution in [0.2, 0.25) is 0 Å². The van der Waals surface area contributed by atoms with Gasteiger partial charge in [0, 0.05) is 27.2 Å². The summed E-state index contributed by atoms with van der Waals surface area (Å²) in [5.74, 6) is 0.489. The fourth-order valence-corrected chi connectivity index (χ4v) is 3.76. The molecular weight excluding hydrogens is 290 g/mol. The predicted octanol–water partition coefficient (Wildman–Crippen LogP) is 1.65. The molecule has 1 aliphatic rings. The van der Waals surface area contributed by atoms with Crippen LogP contribution in [0.25, 0.3) is 0 Å². The highest BCUT2D eigenvalue weighted by Gasteiger charge is 2.30. The first kappa shape index (κ1) is 15.9. The van der Waals surface area contributed by atoms with Crippen LogP contribution in [-0.2, 0) is 4.74 Å². The predicted molar refractivity (Wildman–Crippen MR) is 85.5 cm³/mol. The third kappa shape index (κ3) is 3.08. The Kier molecular flexibility index (Phi) is 4.63. The number of amides is 1. The Morgan fingerprint density at radius 3 is 2.43 bits per heavy atom. The standard InChI is InChI=1S/C14H23N3O3S/c1-8-6-17(7-9(2)20-8)14-11(19-5)10(15)12(21-14)13(18)16(3)4/h8-9H,6-7,15H2,1-5H3/t8-,9+. The zero-order chi connectivity index (χ0) is 15.7. The van der Waals surface area contributed by atoms with Gasteiger partial charge in [-0.25, -0.2) is 0 Å². The molecule has 21 heavy (non-hydrogen) atoms. The molecule has 1 saturated heterocycles. The lowest BCUT2D eigenvalue weighted by atomic mass is 10.2. The summed E-state index contributed by atoms with van der Waals surface area (Å²) >= 11 is 1.39. The van der Waals surface area contributed by atoms with Gasteiger partial charge in [-0.05, 0) is 13.8 Å². The number of methoxy groups -OCH3 is 1. The van der Waals surface area contributed by atoms with E-state index in [4.69, 9.17) is 15.2 Å². The van der Waals surface area contributed by atoms with E-state index in [1.165, 1.54) is 16.2 Å². The maximum atomic E-state index is 12.2. The van der Waals surface area contributed by atoms with Crippen LogP contribution >= 0.6 is 11.3 Å². The molecule has 2 N–H and O–H groups in total. The number of anilines is 2. The van der Waals surface area contributed by atoms with E-state index in [1.54, 1.807) is 21.2 Å². The Balaban J connectivity index is 2.39. The lowest BCUT2D eigenvalue weighted by Crippen LogP contribution is -2.45. The molecule has 2 rings (SSSR count). The highest BCUT2D eigenvalue weighted by Crippen LogP contribution is 2.45. The molecule has 0 aromatic carbocycles. The Morgan fingerprint density at radius 1 is 1.38 bits per heavy atom. The summed E-state index contributed by atoms with van der Waals surface area (Å²) in [5.41, 5.74) is 6.53. The number of carbonyl (C=O) groups excluding carboxylic acids is 1. The highest BCUT2D eigenvalue weighted by molar-refractivity contribution is 7.19. The molecule has 2 atom stereocenters. The van der Waals surface area contributed by atoms with Crippen molar-refractivity contribution in [3.63, 3.8) is 0 Å². The molecule has 0 bridgehead atoms. The molecule has 7 heteroatoms. The van der Waals surface area contributed by atoms with E-state index in [-0.39, 0.29) is 18.1 Å². The number of nitrogens with two attached hydrogens (primary N) is 1. The van der Waals surface area contributed by atoms with Gasteiger partial charge in [-0.15, -0.1) is 11.3 Å². The van der Waals surface area contributed by atoms with Crippen molar-refractivity contribution in [3.8, 4) is 5.75 Å². The zero-order valence-corrected chi connectivity index (χ0v) is 14.0. The van der Waals surface area contributed by atoms with Crippen molar-refractivity contribution >= 4 is 27.9 Å². The van der Waals surface area contributed by atoms with E-state index in [1.807, 2.05) is 13.8 Å². The summed E-state index contributed by atoms with van der Waals surface area (Å²) in [6.07, 6.45) is 0.268. The number of morpholine rings is 1. The quantitative estimate of drug-likeness (QED) is 0.919. The largest absolute Gasteiger partial charge is 0.492 e. The first-order valence-corrected chi connectivity index (χ1v) is 7.75. The lowest BCUT2D eigenvalue weighted by Gasteiger charge is -2.36. The van der Waals surface area contributed by atoms with Crippen LogP contribution in [0.4, 0.5) is 10.7 Å². The van der Waals surface area contributed by atoms with Gasteiger partial charge in [-0.1, -0.05) is 0 Å². The van der Waals surface area contributed by atoms with Crippen molar-refractivity contribution in [1.82, 2.24) is 4.90 Å². The second-order valence-corrected chi connectivity index (χ2v) is 6.54. The van der Waals surface area contributed by atoms with E-state index in [0.29, 0.717) is 16.3 Å². The summed E-state index contributed by atoms with van der Waals surface area (Å²) in [5, 5.41) is 0.905. The average Bonchev–Trinajstić information content (AvgIpc) is 2.73. The Hall–Kier alpha value is -1.47. The number of carbonyl (C=O) groups is 1. The number of hydrogen-bond donors (Lipinski definition) is 1. The zero-order valence-electron chi connectivity index (χ0n) is 13.2. The lowest BCUT2D eigenvalue weighted by molar-refractivity contribution is -0.00510. The Bertz CT molecular complexity index is 520. The molecule has 1 aromatic heterocycles. The molecule has 0 saturated carbocycles. The van der Waals surface area contributed by atoms with Crippen molar-refractivity contribution in [2.45, 2.75) is 26.1 Å². The molecule has 118 valence electrons. The van der Waals surface area contributed by atoms with E-state index < -0.39 is 0 Å². The molecule has 0 aliphatic carbocycles. The molecule has 0 unspecified atom stereocenters. The number of nitrogen functional groups attached to an aromatic ring is 1. The van der Waals surface area contributed by atoms with Crippen LogP contribution in [0.1, 0.15) is 23.5 Å². The fourth-order valence-electron chi connectivity index (χ4n) is 2.53. The van der Waals surface area contributed by atoms with E-state index >= 15 is 0 Å². The molecular formula is C14H23N3O3S. The van der Waals surface area contributed by atoms with Crippen LogP contribution in [0.3, 0.4) is 0 Å². The van der Waals surface area contributed by atoms with E-state index in [0.717, 1.165) is 18.1 Å². The van der Waals surface area contributed by atoms with Gasteiger partial charge in [0.05, 0.1) is 19.3 Å². The van der Waals surface area contributed by atoms with Gasteiger partial charge in [0.25, 0.3) is 5.91 Å². The summed E-state index contributed by atoms with van der Waals surface area (Å²) in [6.45, 7) is 5.60. The van der Waals surface area contributed by atoms with Crippen molar-refractivity contribution in [2.24, 2.45) is 0 Å². The van der Waals surface area contributed by atoms with Crippen molar-refractivity contribution in [3.05, 3.63) is 4.88 Å². The van der Waals surface area contributed by atoms with Gasteiger partial charge in [-0.3, -0.25) is 4.79 Å². The molecule has 1 aromatic rings. The van der Waals surface area contributed by atoms with E-state index in [2.05, 4.69) is 4.90 Å². The molecule has 1 fully saturated rings. The van der Waals surface area contributed by atoms with Crippen LogP contribution < -0.4 is 15.4 Å². The van der Waals surface area contributed by atoms with Crippen molar-refractivity contribution in [1.29, 1.82) is 0 Å². The average molecular weight is 313 g/mol. The first-order chi connectivity index (χ1) is 9.85. The molecule has 0 spiro atoms. The van der Waals surface area contributed by atoms with Crippen molar-refractivity contribution < 1.29 is 14.3 Å². The second-order valence-electron chi connectivity index (χ2n) is 5.55. The minimum Gasteiger partial charge on any atom is -0.492 e. The summed E-state index contributed by atoms with van der Waals surface area (Å²) < 4.78 is 11.2. The van der Waals surface area contributed by atoms with Gasteiger partial charge in [0.2, 0.25) is 0 Å². The monoisotopic (exact) mass is 313 g/mol. The fraction of sp³-hybridized carbons (Fsp3) is 0.643. The van der Waals surface area contributed by atoms with Gasteiger partial charge in [0.15, 0.2) is 5.75 Å². The van der Waals surface area contributed by atoms with Gasteiger partial charge < -0.3 is 25.0 Å². The first-order valence-electron chi connectivity index (χ1n) is 6.93. The summed E-state index contributed by atoms with van der Waals surface area (Å²) in [7, 11) is 5.01. The van der Waals surface area contributed by atoms with Gasteiger partial charge in [-0.2, -0.15) is 0 Å². The minimum atomic E-state index is -0.101. The smallest absolute Gasteiger partial charge is 0.265 e. The molecule has 0 radical (unpaired) electrons. The Labute approximate surface area is 129 Å². The number of nitrogens with zero attached hydrogens (tertiary/aromatic N) is 2. The number of thiophene rings is 1. The maximum absolute atomic E-state index is 12.2. The van der Waals surface area contributed by atoms with Gasteiger partial charge >= 0.3 is 0 Å². The van der Waals surface area contributed by atoms with E-state index in [9.17, 15) is 4.79 Å². The summed E-state index contributed by atoms with van der Waals surface area (Å²) in [4.78, 5) is 16.5. The topological polar surface area (TPSA) is 68.0 Å². The van der Waals surface area contributed by atoms with Crippen LogP contribution in [0.5, 0.6) is 5.75 Å². The van der Waals surface area contributed by atoms with Crippen LogP contribution in [-0.4, -0.2) is 57.3 Å². The molecule has 1 amide bonds. The van der Waals surface area contributed by atoms with Crippen molar-refractivity contribution in [2.75, 3.05) is 44.9 Å². The third-order valence-electron chi connectivity index (χ3n) is 3.39. The second kappa shape index (κ2) is 6.11. The number of hydrogen-bond acceptors (Lipinski definition) is 6. The van der Waals surface area contributed by atoms with Crippen LogP contribution in [0.15, 0.2) is 0 Å². The minimum absolute atomic E-state index is 0.101. The molecule has 2 heterocycles. The van der Waals surface area contributed by atoms with Crippen LogP contribution in [0, 0.1) is 0 Å². The Morgan fingerprint density at radius 2 is 1.95 bits per heavy atom. The number of ether oxygens (including phenoxy) is 2. The van der Waals surface area contributed by atoms with Gasteiger partial charge in [0.1, 0.15) is 15.6 Å². The molecule has 6 nitrogen and oxygen atoms in total. The third-order valence-corrected chi connectivity index (χ3v) is 4.63. The SMILES string of the molecule is COc1c(N2C[C@@H](C)O[C@@H](C)C2)sc(C(=O)N(C)C)c1N. The molecule has 1 aliphatic heterocycles. The highest BCUT2D eigenvalue weighted by atomic mass is 32.1. The summed E-state index contributed by atoms with van der Waals surface area (Å²) in [6, 6.07) is 0.